The highest BCUT2D eigenvalue weighted by atomic mass is 35.5. The highest BCUT2D eigenvalue weighted by Gasteiger charge is 2.15. The molecule has 0 radical (unpaired) electrons. The third kappa shape index (κ3) is 3.77. The summed E-state index contributed by atoms with van der Waals surface area (Å²) in [5.74, 6) is -0.269. The van der Waals surface area contributed by atoms with Crippen LogP contribution in [-0.4, -0.2) is 40.7 Å². The highest BCUT2D eigenvalue weighted by Crippen LogP contribution is 2.12. The molecule has 3 N–H and O–H groups in total. The minimum Gasteiger partial charge on any atom is -0.370 e. The van der Waals surface area contributed by atoms with Crippen LogP contribution in [0.3, 0.4) is 0 Å². The number of benzene rings is 1. The molecule has 0 aliphatic rings. The van der Waals surface area contributed by atoms with Crippen molar-refractivity contribution in [3.8, 4) is 5.69 Å². The van der Waals surface area contributed by atoms with Crippen molar-refractivity contribution in [1.29, 1.82) is 0 Å². The van der Waals surface area contributed by atoms with E-state index in [1.54, 1.807) is 36.7 Å². The maximum atomic E-state index is 11.7. The van der Waals surface area contributed by atoms with Crippen LogP contribution in [0.2, 0.25) is 0 Å². The number of halogens is 1. The van der Waals surface area contributed by atoms with E-state index in [2.05, 4.69) is 15.5 Å². The lowest BCUT2D eigenvalue weighted by Crippen LogP contribution is -2.35. The van der Waals surface area contributed by atoms with E-state index in [0.29, 0.717) is 5.69 Å². The second-order valence-corrected chi connectivity index (χ2v) is 3.81. The van der Waals surface area contributed by atoms with Gasteiger partial charge in [0.2, 0.25) is 0 Å². The number of nitrogens with two attached hydrogens (primary N) is 1. The number of amides is 1. The van der Waals surface area contributed by atoms with Gasteiger partial charge in [-0.25, -0.2) is 0 Å². The second kappa shape index (κ2) is 7.59. The fourth-order valence-corrected chi connectivity index (χ4v) is 1.56. The van der Waals surface area contributed by atoms with E-state index in [1.807, 2.05) is 0 Å². The summed E-state index contributed by atoms with van der Waals surface area (Å²) in [6, 6.07) is 7.14. The van der Waals surface area contributed by atoms with E-state index in [4.69, 9.17) is 10.5 Å². The van der Waals surface area contributed by atoms with Gasteiger partial charge in [-0.15, -0.1) is 12.4 Å². The zero-order valence-corrected chi connectivity index (χ0v) is 11.7. The molecule has 0 aliphatic heterocycles. The number of hydrogen-bond acceptors (Lipinski definition) is 5. The topological polar surface area (TPSA) is 95.1 Å². The van der Waals surface area contributed by atoms with Crippen LogP contribution in [0.4, 0.5) is 5.69 Å². The van der Waals surface area contributed by atoms with E-state index in [-0.39, 0.29) is 24.9 Å². The number of nitrogens with one attached hydrogen (secondary N) is 1. The predicted octanol–water partition coefficient (Wildman–Crippen LogP) is 0.601. The first-order chi connectivity index (χ1) is 9.24. The summed E-state index contributed by atoms with van der Waals surface area (Å²) in [7, 11) is 1.45. The first kappa shape index (κ1) is 16.1. The minimum absolute atomic E-state index is 0. The number of anilines is 1. The number of carbonyl (C=O) groups is 1. The normalized spacial score (nSPS) is 11.5. The molecule has 1 amide bonds. The fraction of sp³-hybridized carbons (Fsp3) is 0.250. The van der Waals surface area contributed by atoms with Crippen molar-refractivity contribution in [3.05, 3.63) is 36.7 Å². The molecule has 0 saturated carbocycles. The van der Waals surface area contributed by atoms with Gasteiger partial charge in [0, 0.05) is 19.3 Å². The third-order valence-corrected chi connectivity index (χ3v) is 2.58. The van der Waals surface area contributed by atoms with Crippen molar-refractivity contribution in [2.45, 2.75) is 6.10 Å². The molecule has 20 heavy (non-hydrogen) atoms. The number of nitrogens with zero attached hydrogens (tertiary/aromatic N) is 3. The van der Waals surface area contributed by atoms with Crippen LogP contribution in [0.1, 0.15) is 0 Å². The number of hydrogen-bond donors (Lipinski definition) is 2. The van der Waals surface area contributed by atoms with Crippen LogP contribution < -0.4 is 11.1 Å². The Hall–Kier alpha value is -1.96. The van der Waals surface area contributed by atoms with Crippen molar-refractivity contribution in [2.24, 2.45) is 5.73 Å². The standard InChI is InChI=1S/C12H15N5O2.ClH/c1-19-11(8-13)12(18)16-9-2-4-10(5-3-9)17-14-6-7-15-17;/h2-7,11H,8,13H2,1H3,(H,16,18);1H. The Labute approximate surface area is 122 Å². The Morgan fingerprint density at radius 1 is 1.35 bits per heavy atom. The molecule has 0 fully saturated rings. The summed E-state index contributed by atoms with van der Waals surface area (Å²) in [5.41, 5.74) is 6.89. The van der Waals surface area contributed by atoms with E-state index in [0.717, 1.165) is 5.69 Å². The lowest BCUT2D eigenvalue weighted by atomic mass is 10.2. The lowest BCUT2D eigenvalue weighted by Gasteiger charge is -2.13. The van der Waals surface area contributed by atoms with E-state index < -0.39 is 6.10 Å². The van der Waals surface area contributed by atoms with Crippen LogP contribution in [0.15, 0.2) is 36.7 Å². The minimum atomic E-state index is -0.646. The van der Waals surface area contributed by atoms with Crippen molar-refractivity contribution >= 4 is 24.0 Å². The molecule has 1 atom stereocenters. The van der Waals surface area contributed by atoms with Gasteiger partial charge >= 0.3 is 0 Å². The van der Waals surface area contributed by atoms with E-state index in [1.165, 1.54) is 11.9 Å². The molecule has 2 rings (SSSR count). The molecular weight excluding hydrogens is 282 g/mol. The summed E-state index contributed by atoms with van der Waals surface area (Å²) in [5, 5.41) is 10.7. The second-order valence-electron chi connectivity index (χ2n) is 3.81. The summed E-state index contributed by atoms with van der Waals surface area (Å²) >= 11 is 0. The first-order valence-electron chi connectivity index (χ1n) is 5.75. The number of rotatable bonds is 5. The van der Waals surface area contributed by atoms with Gasteiger partial charge in [-0.2, -0.15) is 15.0 Å². The molecule has 1 unspecified atom stereocenters. The molecule has 7 nitrogen and oxygen atoms in total. The summed E-state index contributed by atoms with van der Waals surface area (Å²) < 4.78 is 4.95. The van der Waals surface area contributed by atoms with E-state index in [9.17, 15) is 4.79 Å². The molecule has 0 saturated heterocycles. The smallest absolute Gasteiger partial charge is 0.254 e. The molecule has 0 bridgehead atoms. The largest absolute Gasteiger partial charge is 0.370 e. The average molecular weight is 298 g/mol. The van der Waals surface area contributed by atoms with Crippen molar-refractivity contribution in [3.63, 3.8) is 0 Å². The Morgan fingerprint density at radius 3 is 2.45 bits per heavy atom. The number of aromatic nitrogens is 3. The zero-order chi connectivity index (χ0) is 13.7. The van der Waals surface area contributed by atoms with Gasteiger partial charge in [0.15, 0.2) is 0 Å². The maximum absolute atomic E-state index is 11.7. The Balaban J connectivity index is 0.00000200. The molecular formula is C12H16ClN5O2. The first-order valence-corrected chi connectivity index (χ1v) is 5.75. The SMILES string of the molecule is COC(CN)C(=O)Nc1ccc(-n2nccn2)cc1.Cl. The molecule has 0 aliphatic carbocycles. The maximum Gasteiger partial charge on any atom is 0.254 e. The van der Waals surface area contributed by atoms with Gasteiger partial charge in [0.25, 0.3) is 5.91 Å². The van der Waals surface area contributed by atoms with Crippen LogP contribution in [-0.2, 0) is 9.53 Å². The number of carbonyl (C=O) groups excluding carboxylic acids is 1. The van der Waals surface area contributed by atoms with Gasteiger partial charge in [0.05, 0.1) is 18.1 Å². The molecule has 1 heterocycles. The molecule has 0 spiro atoms. The van der Waals surface area contributed by atoms with Crippen LogP contribution in [0.25, 0.3) is 5.69 Å². The Bertz CT molecular complexity index is 525. The van der Waals surface area contributed by atoms with Crippen LogP contribution >= 0.6 is 12.4 Å². The van der Waals surface area contributed by atoms with Gasteiger partial charge in [0.1, 0.15) is 6.10 Å². The lowest BCUT2D eigenvalue weighted by molar-refractivity contribution is -0.125. The van der Waals surface area contributed by atoms with Gasteiger partial charge in [-0.3, -0.25) is 4.79 Å². The van der Waals surface area contributed by atoms with Gasteiger partial charge < -0.3 is 15.8 Å². The van der Waals surface area contributed by atoms with Crippen molar-refractivity contribution < 1.29 is 9.53 Å². The third-order valence-electron chi connectivity index (χ3n) is 2.58. The van der Waals surface area contributed by atoms with E-state index >= 15 is 0 Å². The molecule has 108 valence electrons. The van der Waals surface area contributed by atoms with Crippen LogP contribution in [0.5, 0.6) is 0 Å². The van der Waals surface area contributed by atoms with Crippen molar-refractivity contribution in [2.75, 3.05) is 19.0 Å². The molecule has 8 heteroatoms. The van der Waals surface area contributed by atoms with Gasteiger partial charge in [-0.05, 0) is 24.3 Å². The van der Waals surface area contributed by atoms with Crippen LogP contribution in [0, 0.1) is 0 Å². The van der Waals surface area contributed by atoms with Gasteiger partial charge in [-0.1, -0.05) is 0 Å². The number of methoxy groups -OCH3 is 1. The predicted molar refractivity (Wildman–Crippen MR) is 77.1 cm³/mol. The van der Waals surface area contributed by atoms with Crippen molar-refractivity contribution in [1.82, 2.24) is 15.0 Å². The Kier molecular flexibility index (Phi) is 6.10. The summed E-state index contributed by atoms with van der Waals surface area (Å²) in [4.78, 5) is 13.2. The number of ether oxygens (including phenoxy) is 1. The summed E-state index contributed by atoms with van der Waals surface area (Å²) in [6.45, 7) is 0.137. The highest BCUT2D eigenvalue weighted by molar-refractivity contribution is 5.94. The summed E-state index contributed by atoms with van der Waals surface area (Å²) in [6.07, 6.45) is 2.55. The molecule has 2 aromatic rings. The fourth-order valence-electron chi connectivity index (χ4n) is 1.56. The average Bonchev–Trinajstić information content (AvgIpc) is 2.95. The molecule has 1 aromatic carbocycles. The quantitative estimate of drug-likeness (QED) is 0.843. The zero-order valence-electron chi connectivity index (χ0n) is 10.9. The Morgan fingerprint density at radius 2 is 1.95 bits per heavy atom. The molecule has 1 aromatic heterocycles. The monoisotopic (exact) mass is 297 g/mol.